The van der Waals surface area contributed by atoms with Crippen molar-refractivity contribution in [3.8, 4) is 11.5 Å². The summed E-state index contributed by atoms with van der Waals surface area (Å²) in [6.07, 6.45) is 4.07. The monoisotopic (exact) mass is 332 g/mol. The van der Waals surface area contributed by atoms with Crippen LogP contribution in [0.5, 0.6) is 11.5 Å². The van der Waals surface area contributed by atoms with Crippen LogP contribution >= 0.6 is 0 Å². The van der Waals surface area contributed by atoms with E-state index in [4.69, 9.17) is 4.74 Å². The maximum absolute atomic E-state index is 12.2. The number of allylic oxidation sites excluding steroid dienone is 1. The summed E-state index contributed by atoms with van der Waals surface area (Å²) in [5, 5.41) is 9.21. The van der Waals surface area contributed by atoms with Crippen molar-refractivity contribution in [1.82, 2.24) is 0 Å². The highest BCUT2D eigenvalue weighted by Gasteiger charge is 2.16. The van der Waals surface area contributed by atoms with Gasteiger partial charge in [0.2, 0.25) is 0 Å². The Bertz CT molecular complexity index is 849. The zero-order valence-corrected chi connectivity index (χ0v) is 13.5. The van der Waals surface area contributed by atoms with Crippen LogP contribution in [0.1, 0.15) is 15.9 Å². The van der Waals surface area contributed by atoms with Crippen molar-refractivity contribution in [2.75, 3.05) is 13.4 Å². The highest BCUT2D eigenvalue weighted by Crippen LogP contribution is 2.25. The number of rotatable bonds is 5. The summed E-state index contributed by atoms with van der Waals surface area (Å²) >= 11 is 0. The number of sulfone groups is 1. The first-order valence-electron chi connectivity index (χ1n) is 6.71. The van der Waals surface area contributed by atoms with E-state index in [2.05, 4.69) is 0 Å². The lowest BCUT2D eigenvalue weighted by Gasteiger charge is -2.07. The maximum Gasteiger partial charge on any atom is 0.185 e. The topological polar surface area (TPSA) is 80.7 Å². The lowest BCUT2D eigenvalue weighted by atomic mass is 10.1. The quantitative estimate of drug-likeness (QED) is 0.672. The van der Waals surface area contributed by atoms with Gasteiger partial charge in [-0.25, -0.2) is 8.42 Å². The normalized spacial score (nSPS) is 11.6. The third kappa shape index (κ3) is 4.20. The first-order valence-corrected chi connectivity index (χ1v) is 8.60. The van der Waals surface area contributed by atoms with Gasteiger partial charge in [0.25, 0.3) is 0 Å². The van der Waals surface area contributed by atoms with Crippen molar-refractivity contribution < 1.29 is 23.1 Å². The molecule has 0 unspecified atom stereocenters. The van der Waals surface area contributed by atoms with Gasteiger partial charge in [-0.05, 0) is 42.0 Å². The Labute approximate surface area is 134 Å². The number of ketones is 1. The molecule has 0 radical (unpaired) electrons. The van der Waals surface area contributed by atoms with Crippen molar-refractivity contribution in [2.45, 2.75) is 4.90 Å². The zero-order valence-electron chi connectivity index (χ0n) is 12.7. The van der Waals surface area contributed by atoms with E-state index in [-0.39, 0.29) is 22.2 Å². The average Bonchev–Trinajstić information content (AvgIpc) is 2.52. The molecule has 0 aliphatic carbocycles. The van der Waals surface area contributed by atoms with Crippen LogP contribution < -0.4 is 4.74 Å². The minimum Gasteiger partial charge on any atom is -0.508 e. The molecular weight excluding hydrogens is 316 g/mol. The highest BCUT2D eigenvalue weighted by molar-refractivity contribution is 7.90. The first-order chi connectivity index (χ1) is 10.8. The van der Waals surface area contributed by atoms with Crippen molar-refractivity contribution >= 4 is 21.7 Å². The van der Waals surface area contributed by atoms with E-state index in [9.17, 15) is 18.3 Å². The van der Waals surface area contributed by atoms with Crippen LogP contribution in [0.4, 0.5) is 0 Å². The lowest BCUT2D eigenvalue weighted by molar-refractivity contribution is 0.104. The van der Waals surface area contributed by atoms with Crippen molar-refractivity contribution in [3.05, 3.63) is 59.7 Å². The van der Waals surface area contributed by atoms with Gasteiger partial charge in [-0.1, -0.05) is 18.2 Å². The number of methoxy groups -OCH3 is 1. The smallest absolute Gasteiger partial charge is 0.185 e. The van der Waals surface area contributed by atoms with Gasteiger partial charge >= 0.3 is 0 Å². The molecule has 0 saturated carbocycles. The van der Waals surface area contributed by atoms with E-state index in [0.29, 0.717) is 5.56 Å². The summed E-state index contributed by atoms with van der Waals surface area (Å²) in [7, 11) is -2.07. The number of aromatic hydroxyl groups is 1. The van der Waals surface area contributed by atoms with Crippen molar-refractivity contribution in [1.29, 1.82) is 0 Å². The molecule has 0 amide bonds. The van der Waals surface area contributed by atoms with Gasteiger partial charge in [0.15, 0.2) is 15.6 Å². The Kier molecular flexibility index (Phi) is 4.86. The predicted molar refractivity (Wildman–Crippen MR) is 87.6 cm³/mol. The number of hydrogen-bond donors (Lipinski definition) is 1. The largest absolute Gasteiger partial charge is 0.508 e. The van der Waals surface area contributed by atoms with Gasteiger partial charge in [-0.2, -0.15) is 0 Å². The molecule has 5 nitrogen and oxygen atoms in total. The summed E-state index contributed by atoms with van der Waals surface area (Å²) in [6, 6.07) is 10.6. The Balaban J connectivity index is 2.28. The standard InChI is InChI=1S/C17H16O5S/c1-22-16-11-13(6-10-17(16)23(2,20)21)15(19)9-5-12-3-7-14(18)8-4-12/h3-11,18H,1-2H3/b9-5+. The summed E-state index contributed by atoms with van der Waals surface area (Å²) in [6.45, 7) is 0. The highest BCUT2D eigenvalue weighted by atomic mass is 32.2. The Morgan fingerprint density at radius 3 is 2.35 bits per heavy atom. The summed E-state index contributed by atoms with van der Waals surface area (Å²) in [4.78, 5) is 12.2. The predicted octanol–water partition coefficient (Wildman–Crippen LogP) is 2.70. The van der Waals surface area contributed by atoms with Crippen LogP contribution in [0.2, 0.25) is 0 Å². The molecule has 0 bridgehead atoms. The fourth-order valence-electron chi connectivity index (χ4n) is 1.98. The van der Waals surface area contributed by atoms with Gasteiger partial charge < -0.3 is 9.84 Å². The second-order valence-electron chi connectivity index (χ2n) is 4.93. The van der Waals surface area contributed by atoms with Crippen molar-refractivity contribution in [3.63, 3.8) is 0 Å². The van der Waals surface area contributed by atoms with E-state index in [1.807, 2.05) is 0 Å². The molecule has 0 heterocycles. The molecule has 23 heavy (non-hydrogen) atoms. The number of carbonyl (C=O) groups is 1. The van der Waals surface area contributed by atoms with Crippen LogP contribution in [0, 0.1) is 0 Å². The van der Waals surface area contributed by atoms with Gasteiger partial charge in [-0.15, -0.1) is 0 Å². The molecule has 0 atom stereocenters. The van der Waals surface area contributed by atoms with Gasteiger partial charge in [0.1, 0.15) is 16.4 Å². The van der Waals surface area contributed by atoms with Crippen LogP contribution in [0.25, 0.3) is 6.08 Å². The Hall–Kier alpha value is -2.60. The van der Waals surface area contributed by atoms with Gasteiger partial charge in [0.05, 0.1) is 7.11 Å². The number of benzene rings is 2. The molecule has 0 aliphatic heterocycles. The molecular formula is C17H16O5S. The third-order valence-corrected chi connectivity index (χ3v) is 4.30. The Morgan fingerprint density at radius 1 is 1.13 bits per heavy atom. The zero-order chi connectivity index (χ0) is 17.0. The summed E-state index contributed by atoms with van der Waals surface area (Å²) < 4.78 is 28.3. The summed E-state index contributed by atoms with van der Waals surface area (Å²) in [5.74, 6) is 0.00221. The molecule has 0 fully saturated rings. The second-order valence-corrected chi connectivity index (χ2v) is 6.91. The second kappa shape index (κ2) is 6.66. The van der Waals surface area contributed by atoms with E-state index < -0.39 is 9.84 Å². The minimum absolute atomic E-state index is 0.0408. The number of phenolic OH excluding ortho intramolecular Hbond substituents is 1. The number of ether oxygens (including phenoxy) is 1. The Morgan fingerprint density at radius 2 is 1.78 bits per heavy atom. The van der Waals surface area contributed by atoms with E-state index in [1.165, 1.54) is 43.5 Å². The fraction of sp³-hybridized carbons (Fsp3) is 0.118. The SMILES string of the molecule is COc1cc(C(=O)/C=C/c2ccc(O)cc2)ccc1S(C)(=O)=O. The number of carbonyl (C=O) groups excluding carboxylic acids is 1. The molecule has 0 aliphatic rings. The average molecular weight is 332 g/mol. The van der Waals surface area contributed by atoms with Gasteiger partial charge in [-0.3, -0.25) is 4.79 Å². The lowest BCUT2D eigenvalue weighted by Crippen LogP contribution is -2.03. The molecule has 6 heteroatoms. The molecule has 120 valence electrons. The number of hydrogen-bond acceptors (Lipinski definition) is 5. The van der Waals surface area contributed by atoms with E-state index in [1.54, 1.807) is 18.2 Å². The van der Waals surface area contributed by atoms with Crippen molar-refractivity contribution in [2.24, 2.45) is 0 Å². The molecule has 0 spiro atoms. The first kappa shape index (κ1) is 16.8. The fourth-order valence-corrected chi connectivity index (χ4v) is 2.80. The van der Waals surface area contributed by atoms with Crippen LogP contribution in [0.3, 0.4) is 0 Å². The third-order valence-electron chi connectivity index (χ3n) is 3.17. The minimum atomic E-state index is -3.43. The molecule has 0 aromatic heterocycles. The molecule has 2 rings (SSSR count). The molecule has 2 aromatic rings. The van der Waals surface area contributed by atoms with Crippen LogP contribution in [0.15, 0.2) is 53.4 Å². The van der Waals surface area contributed by atoms with Crippen LogP contribution in [-0.2, 0) is 9.84 Å². The molecule has 1 N–H and O–H groups in total. The van der Waals surface area contributed by atoms with Gasteiger partial charge in [0, 0.05) is 11.8 Å². The van der Waals surface area contributed by atoms with E-state index in [0.717, 1.165) is 11.8 Å². The van der Waals surface area contributed by atoms with E-state index >= 15 is 0 Å². The molecule has 0 saturated heterocycles. The summed E-state index contributed by atoms with van der Waals surface area (Å²) in [5.41, 5.74) is 1.08. The van der Waals surface area contributed by atoms with Crippen LogP contribution in [-0.4, -0.2) is 32.7 Å². The number of phenols is 1. The maximum atomic E-state index is 12.2. The molecule has 2 aromatic carbocycles.